The SMILES string of the molecule is COc1ccccc1-c1nc(C(=O)NCc2cc(CC(OC(C)C)C(=O)O)ccn2)c(C)s1.O=C(O)C(F)(F)F. The van der Waals surface area contributed by atoms with E-state index < -0.39 is 24.2 Å². The Kier molecular flexibility index (Phi) is 11.6. The molecule has 1 aromatic carbocycles. The van der Waals surface area contributed by atoms with Gasteiger partial charge in [-0.2, -0.15) is 13.2 Å². The number of carboxylic acid groups (broad SMARTS) is 2. The molecule has 1 amide bonds. The average molecular weight is 584 g/mol. The molecule has 0 aliphatic rings. The van der Waals surface area contributed by atoms with Gasteiger partial charge in [0.05, 0.1) is 31.0 Å². The van der Waals surface area contributed by atoms with E-state index in [-0.39, 0.29) is 25.0 Å². The predicted molar refractivity (Wildman–Crippen MR) is 139 cm³/mol. The van der Waals surface area contributed by atoms with Crippen LogP contribution in [0.25, 0.3) is 10.6 Å². The van der Waals surface area contributed by atoms with Gasteiger partial charge in [0.15, 0.2) is 6.10 Å². The van der Waals surface area contributed by atoms with Gasteiger partial charge in [0.25, 0.3) is 5.91 Å². The zero-order valence-electron chi connectivity index (χ0n) is 22.0. The number of hydrogen-bond acceptors (Lipinski definition) is 8. The molecule has 3 N–H and O–H groups in total. The molecule has 0 aliphatic carbocycles. The number of methoxy groups -OCH3 is 1. The molecule has 14 heteroatoms. The summed E-state index contributed by atoms with van der Waals surface area (Å²) in [4.78, 5) is 42.7. The van der Waals surface area contributed by atoms with E-state index in [1.165, 1.54) is 11.3 Å². The van der Waals surface area contributed by atoms with Crippen molar-refractivity contribution < 1.29 is 47.2 Å². The number of para-hydroxylation sites is 1. The molecule has 0 saturated heterocycles. The van der Waals surface area contributed by atoms with Gasteiger partial charge in [-0.1, -0.05) is 12.1 Å². The van der Waals surface area contributed by atoms with Crippen LogP contribution in [0.5, 0.6) is 5.75 Å². The number of aromatic nitrogens is 2. The summed E-state index contributed by atoms with van der Waals surface area (Å²) in [5.74, 6) is -3.38. The van der Waals surface area contributed by atoms with Crippen LogP contribution in [-0.2, 0) is 27.3 Å². The highest BCUT2D eigenvalue weighted by molar-refractivity contribution is 7.15. The monoisotopic (exact) mass is 583 g/mol. The van der Waals surface area contributed by atoms with Crippen LogP contribution in [0, 0.1) is 6.92 Å². The van der Waals surface area contributed by atoms with Crippen molar-refractivity contribution in [3.8, 4) is 16.3 Å². The Bertz CT molecular complexity index is 1330. The number of hydrogen-bond donors (Lipinski definition) is 3. The van der Waals surface area contributed by atoms with E-state index in [0.29, 0.717) is 22.1 Å². The second-order valence-electron chi connectivity index (χ2n) is 8.48. The molecule has 0 saturated carbocycles. The molecule has 1 atom stereocenters. The minimum absolute atomic E-state index is 0.191. The van der Waals surface area contributed by atoms with Crippen molar-refractivity contribution >= 4 is 29.2 Å². The van der Waals surface area contributed by atoms with E-state index in [0.717, 1.165) is 16.0 Å². The van der Waals surface area contributed by atoms with Crippen LogP contribution >= 0.6 is 11.3 Å². The predicted octanol–water partition coefficient (Wildman–Crippen LogP) is 4.51. The number of thiazole rings is 1. The molecule has 0 bridgehead atoms. The third-order valence-electron chi connectivity index (χ3n) is 5.04. The van der Waals surface area contributed by atoms with Gasteiger partial charge in [-0.05, 0) is 50.6 Å². The number of alkyl halides is 3. The molecular weight excluding hydrogens is 555 g/mol. The Morgan fingerprint density at radius 2 is 1.77 bits per heavy atom. The maximum absolute atomic E-state index is 12.8. The van der Waals surface area contributed by atoms with Crippen LogP contribution < -0.4 is 10.1 Å². The Balaban J connectivity index is 0.000000708. The Labute approximate surface area is 231 Å². The molecule has 10 nitrogen and oxygen atoms in total. The maximum atomic E-state index is 12.8. The van der Waals surface area contributed by atoms with Crippen LogP contribution in [-0.4, -0.2) is 63.5 Å². The lowest BCUT2D eigenvalue weighted by Crippen LogP contribution is -2.29. The van der Waals surface area contributed by atoms with Crippen LogP contribution in [0.15, 0.2) is 42.6 Å². The number of nitrogens with one attached hydrogen (secondary N) is 1. The lowest BCUT2D eigenvalue weighted by atomic mass is 10.1. The number of pyridine rings is 1. The highest BCUT2D eigenvalue weighted by Crippen LogP contribution is 2.34. The van der Waals surface area contributed by atoms with Crippen LogP contribution in [0.3, 0.4) is 0 Å². The summed E-state index contributed by atoms with van der Waals surface area (Å²) >= 11 is 1.43. The van der Waals surface area contributed by atoms with Gasteiger partial charge in [-0.3, -0.25) is 9.78 Å². The second-order valence-corrected chi connectivity index (χ2v) is 9.68. The highest BCUT2D eigenvalue weighted by atomic mass is 32.1. The average Bonchev–Trinajstić information content (AvgIpc) is 3.28. The van der Waals surface area contributed by atoms with Gasteiger partial charge in [0, 0.05) is 17.5 Å². The molecule has 0 fully saturated rings. The fraction of sp³-hybridized carbons (Fsp3) is 0.346. The number of carbonyl (C=O) groups excluding carboxylic acids is 1. The van der Waals surface area contributed by atoms with Crippen LogP contribution in [0.1, 0.15) is 40.5 Å². The molecular formula is C26H28F3N3O7S. The van der Waals surface area contributed by atoms with Gasteiger partial charge in [0.2, 0.25) is 0 Å². The minimum Gasteiger partial charge on any atom is -0.496 e. The van der Waals surface area contributed by atoms with Gasteiger partial charge in [-0.25, -0.2) is 14.6 Å². The number of amides is 1. The number of aryl methyl sites for hydroxylation is 1. The van der Waals surface area contributed by atoms with Crippen molar-refractivity contribution in [3.63, 3.8) is 0 Å². The number of aliphatic carboxylic acids is 2. The number of halogens is 3. The maximum Gasteiger partial charge on any atom is 0.490 e. The van der Waals surface area contributed by atoms with Crippen molar-refractivity contribution in [2.75, 3.05) is 7.11 Å². The van der Waals surface area contributed by atoms with E-state index in [2.05, 4.69) is 15.3 Å². The smallest absolute Gasteiger partial charge is 0.490 e. The lowest BCUT2D eigenvalue weighted by Gasteiger charge is -2.16. The molecule has 0 radical (unpaired) electrons. The summed E-state index contributed by atoms with van der Waals surface area (Å²) < 4.78 is 42.6. The van der Waals surface area contributed by atoms with E-state index in [4.69, 9.17) is 19.4 Å². The van der Waals surface area contributed by atoms with Crippen molar-refractivity contribution in [1.29, 1.82) is 0 Å². The number of carbonyl (C=O) groups is 3. The fourth-order valence-corrected chi connectivity index (χ4v) is 4.23. The molecule has 2 heterocycles. The number of benzene rings is 1. The van der Waals surface area contributed by atoms with Gasteiger partial charge in [-0.15, -0.1) is 11.3 Å². The lowest BCUT2D eigenvalue weighted by molar-refractivity contribution is -0.192. The molecule has 0 spiro atoms. The first-order chi connectivity index (χ1) is 18.7. The Morgan fingerprint density at radius 3 is 2.35 bits per heavy atom. The van der Waals surface area contributed by atoms with E-state index in [9.17, 15) is 27.9 Å². The first-order valence-corrected chi connectivity index (χ1v) is 12.6. The van der Waals surface area contributed by atoms with Crippen molar-refractivity contribution in [1.82, 2.24) is 15.3 Å². The molecule has 40 heavy (non-hydrogen) atoms. The summed E-state index contributed by atoms with van der Waals surface area (Å²) in [5.41, 5.74) is 2.57. The fourth-order valence-electron chi connectivity index (χ4n) is 3.29. The molecule has 3 aromatic rings. The molecule has 216 valence electrons. The Morgan fingerprint density at radius 1 is 1.12 bits per heavy atom. The largest absolute Gasteiger partial charge is 0.496 e. The van der Waals surface area contributed by atoms with Crippen LogP contribution in [0.2, 0.25) is 0 Å². The third-order valence-corrected chi connectivity index (χ3v) is 6.04. The third kappa shape index (κ3) is 9.61. The highest BCUT2D eigenvalue weighted by Gasteiger charge is 2.38. The molecule has 0 aliphatic heterocycles. The molecule has 3 rings (SSSR count). The summed E-state index contributed by atoms with van der Waals surface area (Å²) in [6.07, 6.45) is -4.42. The Hall–Kier alpha value is -4.04. The minimum atomic E-state index is -5.08. The first kappa shape index (κ1) is 32.2. The number of ether oxygens (including phenoxy) is 2. The van der Waals surface area contributed by atoms with Gasteiger partial charge < -0.3 is 25.0 Å². The van der Waals surface area contributed by atoms with Crippen LogP contribution in [0.4, 0.5) is 13.2 Å². The number of carboxylic acids is 2. The standard InChI is InChI=1S/C24H27N3O5S.C2HF3O2/c1-14(2)32-20(24(29)30)12-16-9-10-25-17(11-16)13-26-22(28)21-15(3)33-23(27-21)18-7-5-6-8-19(18)31-4;3-2(4,5)1(6)7/h5-11,14,20H,12-13H2,1-4H3,(H,26,28)(H,29,30);(H,6,7). The van der Waals surface area contributed by atoms with Gasteiger partial charge >= 0.3 is 18.1 Å². The van der Waals surface area contributed by atoms with Crippen molar-refractivity contribution in [3.05, 3.63) is 64.4 Å². The summed E-state index contributed by atoms with van der Waals surface area (Å²) in [7, 11) is 1.60. The normalized spacial score (nSPS) is 11.8. The topological polar surface area (TPSA) is 148 Å². The van der Waals surface area contributed by atoms with E-state index >= 15 is 0 Å². The second kappa shape index (κ2) is 14.4. The van der Waals surface area contributed by atoms with E-state index in [1.807, 2.05) is 31.2 Å². The zero-order chi connectivity index (χ0) is 30.0. The molecule has 2 aromatic heterocycles. The summed E-state index contributed by atoms with van der Waals surface area (Å²) in [6, 6.07) is 11.1. The van der Waals surface area contributed by atoms with Gasteiger partial charge in [0.1, 0.15) is 16.5 Å². The van der Waals surface area contributed by atoms with Crippen molar-refractivity contribution in [2.45, 2.75) is 52.1 Å². The summed E-state index contributed by atoms with van der Waals surface area (Å²) in [5, 5.41) is 20.1. The molecule has 1 unspecified atom stereocenters. The number of rotatable bonds is 10. The van der Waals surface area contributed by atoms with E-state index in [1.54, 1.807) is 39.3 Å². The first-order valence-electron chi connectivity index (χ1n) is 11.7. The summed E-state index contributed by atoms with van der Waals surface area (Å²) in [6.45, 7) is 5.63. The quantitative estimate of drug-likeness (QED) is 0.314. The zero-order valence-corrected chi connectivity index (χ0v) is 22.8. The van der Waals surface area contributed by atoms with Crippen molar-refractivity contribution in [2.24, 2.45) is 0 Å². The number of nitrogens with zero attached hydrogens (tertiary/aromatic N) is 2.